The summed E-state index contributed by atoms with van der Waals surface area (Å²) in [4.78, 5) is 0. The number of ether oxygens (including phenoxy) is 10. The molecule has 0 aromatic rings. The van der Waals surface area contributed by atoms with E-state index in [1.807, 2.05) is 0 Å². The molecule has 10 nitrogen and oxygen atoms in total. The second kappa shape index (κ2) is 31.5. The van der Waals surface area contributed by atoms with Gasteiger partial charge in [0.15, 0.2) is 0 Å². The van der Waals surface area contributed by atoms with E-state index >= 15 is 0 Å². The Bertz CT molecular complexity index is 758. The fraction of sp³-hybridized carbons (Fsp3) is 0.590. The minimum absolute atomic E-state index is 0.229. The Hall–Kier alpha value is -2.48. The highest BCUT2D eigenvalue weighted by Crippen LogP contribution is 2.28. The van der Waals surface area contributed by atoms with E-state index in [9.17, 15) is 0 Å². The minimum Gasteiger partial charge on any atom is -0.380 e. The first-order valence-corrected chi connectivity index (χ1v) is 16.5. The summed E-state index contributed by atoms with van der Waals surface area (Å²) in [6, 6.07) is 0. The zero-order valence-electron chi connectivity index (χ0n) is 30.0. The third-order valence-electron chi connectivity index (χ3n) is 6.78. The maximum absolute atomic E-state index is 6.52. The molecule has 0 aliphatic rings. The average molecular weight is 693 g/mol. The van der Waals surface area contributed by atoms with Crippen molar-refractivity contribution in [2.45, 2.75) is 0 Å². The molecule has 0 rings (SSSR count). The highest BCUT2D eigenvalue weighted by Gasteiger charge is 2.38. The second-order valence-electron chi connectivity index (χ2n) is 11.9. The zero-order valence-corrected chi connectivity index (χ0v) is 30.0. The van der Waals surface area contributed by atoms with E-state index in [2.05, 4.69) is 52.6 Å². The molecule has 280 valence electrons. The molecule has 0 aliphatic carbocycles. The summed E-state index contributed by atoms with van der Waals surface area (Å²) in [5.41, 5.74) is -1.98. The van der Waals surface area contributed by atoms with Crippen molar-refractivity contribution < 1.29 is 47.4 Å². The van der Waals surface area contributed by atoms with Gasteiger partial charge in [0.2, 0.25) is 0 Å². The lowest BCUT2D eigenvalue weighted by Crippen LogP contribution is -2.47. The van der Waals surface area contributed by atoms with Crippen molar-refractivity contribution in [2.24, 2.45) is 16.2 Å². The fourth-order valence-corrected chi connectivity index (χ4v) is 4.59. The van der Waals surface area contributed by atoms with Crippen molar-refractivity contribution in [3.8, 4) is 0 Å². The van der Waals surface area contributed by atoms with Gasteiger partial charge in [0.1, 0.15) is 0 Å². The highest BCUT2D eigenvalue weighted by molar-refractivity contribution is 4.87. The summed E-state index contributed by atoms with van der Waals surface area (Å²) in [7, 11) is 0. The zero-order chi connectivity index (χ0) is 36.4. The van der Waals surface area contributed by atoms with Crippen LogP contribution >= 0.6 is 0 Å². The number of rotatable bonds is 40. The molecule has 0 saturated carbocycles. The van der Waals surface area contributed by atoms with Gasteiger partial charge in [-0.3, -0.25) is 0 Å². The topological polar surface area (TPSA) is 92.3 Å². The van der Waals surface area contributed by atoms with Crippen molar-refractivity contribution in [1.82, 2.24) is 0 Å². The number of hydrogen-bond donors (Lipinski definition) is 0. The Morgan fingerprint density at radius 3 is 0.469 bits per heavy atom. The highest BCUT2D eigenvalue weighted by atomic mass is 16.5. The van der Waals surface area contributed by atoms with Gasteiger partial charge in [0.25, 0.3) is 0 Å². The molecule has 0 saturated heterocycles. The monoisotopic (exact) mass is 692 g/mol. The van der Waals surface area contributed by atoms with Crippen LogP contribution < -0.4 is 0 Å². The van der Waals surface area contributed by atoms with Crippen LogP contribution in [0.15, 0.2) is 101 Å². The van der Waals surface area contributed by atoms with Gasteiger partial charge in [-0.15, -0.1) is 52.6 Å². The molecule has 0 atom stereocenters. The lowest BCUT2D eigenvalue weighted by molar-refractivity contribution is -0.151. The molecule has 0 aliphatic heterocycles. The largest absolute Gasteiger partial charge is 0.380 e. The van der Waals surface area contributed by atoms with Crippen molar-refractivity contribution in [3.05, 3.63) is 101 Å². The summed E-state index contributed by atoms with van der Waals surface area (Å²) < 4.78 is 60.6. The third-order valence-corrected chi connectivity index (χ3v) is 6.78. The van der Waals surface area contributed by atoms with E-state index in [1.54, 1.807) is 48.6 Å². The average Bonchev–Trinajstić information content (AvgIpc) is 3.09. The lowest BCUT2D eigenvalue weighted by atomic mass is 9.89. The summed E-state index contributed by atoms with van der Waals surface area (Å²) in [5.74, 6) is 0. The van der Waals surface area contributed by atoms with Crippen molar-refractivity contribution >= 4 is 0 Å². The maximum atomic E-state index is 6.52. The van der Waals surface area contributed by atoms with Gasteiger partial charge in [-0.05, 0) is 0 Å². The van der Waals surface area contributed by atoms with Gasteiger partial charge in [-0.25, -0.2) is 0 Å². The Morgan fingerprint density at radius 1 is 0.224 bits per heavy atom. The van der Waals surface area contributed by atoms with Gasteiger partial charge in [0, 0.05) is 0 Å². The molecule has 0 radical (unpaired) electrons. The van der Waals surface area contributed by atoms with Crippen LogP contribution in [0, 0.1) is 16.2 Å². The Kier molecular flexibility index (Phi) is 29.9. The van der Waals surface area contributed by atoms with Crippen LogP contribution in [0.25, 0.3) is 0 Å². The first kappa shape index (κ1) is 46.5. The molecule has 0 N–H and O–H groups in total. The van der Waals surface area contributed by atoms with E-state index in [4.69, 9.17) is 47.4 Å². The van der Waals surface area contributed by atoms with Crippen LogP contribution in [-0.2, 0) is 47.4 Å². The van der Waals surface area contributed by atoms with Crippen molar-refractivity contribution in [3.63, 3.8) is 0 Å². The van der Waals surface area contributed by atoms with E-state index in [1.165, 1.54) is 0 Å². The minimum atomic E-state index is -0.721. The molecular formula is C39H64O10. The van der Waals surface area contributed by atoms with Gasteiger partial charge < -0.3 is 47.4 Å². The fourth-order valence-electron chi connectivity index (χ4n) is 4.59. The molecule has 49 heavy (non-hydrogen) atoms. The van der Waals surface area contributed by atoms with Crippen molar-refractivity contribution in [1.29, 1.82) is 0 Å². The lowest BCUT2D eigenvalue weighted by Gasteiger charge is -2.38. The Morgan fingerprint density at radius 2 is 0.347 bits per heavy atom. The predicted molar refractivity (Wildman–Crippen MR) is 197 cm³/mol. The standard InChI is InChI=1S/C39H64O10/c1-9-17-40-25-37(26-41-18-10-2,27-42-19-11-3)33-48-35-39(31-46-23-15-7,32-47-24-16-8)36-49-34-38(28-43-20-12-4,29-44-21-13-5)30-45-22-14-6/h9-16H,1-8,17-36H2. The molecule has 0 unspecified atom stereocenters. The summed E-state index contributed by atoms with van der Waals surface area (Å²) in [6.45, 7) is 36.6. The van der Waals surface area contributed by atoms with Crippen LogP contribution in [0.4, 0.5) is 0 Å². The third kappa shape index (κ3) is 22.8. The van der Waals surface area contributed by atoms with E-state index in [0.29, 0.717) is 92.5 Å². The predicted octanol–water partition coefficient (Wildman–Crippen LogP) is 5.60. The van der Waals surface area contributed by atoms with Crippen LogP contribution in [-0.4, -0.2) is 132 Å². The van der Waals surface area contributed by atoms with Gasteiger partial charge in [-0.1, -0.05) is 48.6 Å². The SMILES string of the molecule is C=CCOCC(COCC=C)(COCC=C)COCC(COCC=C)(COCC=C)COCC(COCC=C)(COCC=C)COCC=C. The quantitative estimate of drug-likeness (QED) is 0.0597. The van der Waals surface area contributed by atoms with E-state index in [-0.39, 0.29) is 39.6 Å². The van der Waals surface area contributed by atoms with Gasteiger partial charge >= 0.3 is 0 Å². The van der Waals surface area contributed by atoms with Crippen LogP contribution in [0.2, 0.25) is 0 Å². The molecular weight excluding hydrogens is 628 g/mol. The molecule has 0 bridgehead atoms. The Labute approximate surface area is 296 Å². The smallest absolute Gasteiger partial charge is 0.0645 e. The first-order valence-electron chi connectivity index (χ1n) is 16.5. The van der Waals surface area contributed by atoms with Crippen molar-refractivity contribution in [2.75, 3.05) is 132 Å². The molecule has 0 amide bonds. The molecule has 0 fully saturated rings. The van der Waals surface area contributed by atoms with E-state index in [0.717, 1.165) is 0 Å². The molecule has 0 aromatic carbocycles. The van der Waals surface area contributed by atoms with Gasteiger partial charge in [0.05, 0.1) is 148 Å². The molecule has 0 aromatic heterocycles. The maximum Gasteiger partial charge on any atom is 0.0645 e. The van der Waals surface area contributed by atoms with Gasteiger partial charge in [-0.2, -0.15) is 0 Å². The molecule has 0 heterocycles. The molecule has 10 heteroatoms. The normalized spacial score (nSPS) is 11.9. The summed E-state index contributed by atoms with van der Waals surface area (Å²) >= 11 is 0. The van der Waals surface area contributed by atoms with Crippen LogP contribution in [0.1, 0.15) is 0 Å². The summed E-state index contributed by atoms with van der Waals surface area (Å²) in [5, 5.41) is 0. The molecule has 0 spiro atoms. The second-order valence-corrected chi connectivity index (χ2v) is 11.9. The number of hydrogen-bond acceptors (Lipinski definition) is 10. The van der Waals surface area contributed by atoms with Crippen LogP contribution in [0.3, 0.4) is 0 Å². The summed E-state index contributed by atoms with van der Waals surface area (Å²) in [6.07, 6.45) is 13.6. The Balaban J connectivity index is 6.31. The first-order chi connectivity index (χ1) is 23.9. The van der Waals surface area contributed by atoms with Crippen LogP contribution in [0.5, 0.6) is 0 Å². The van der Waals surface area contributed by atoms with E-state index < -0.39 is 16.2 Å².